The van der Waals surface area contributed by atoms with E-state index in [1.54, 1.807) is 24.1 Å². The second-order valence-corrected chi connectivity index (χ2v) is 8.49. The molecule has 35 heavy (non-hydrogen) atoms. The van der Waals surface area contributed by atoms with Gasteiger partial charge in [-0.05, 0) is 50.2 Å². The number of nitrogens with zero attached hydrogens (tertiary/aromatic N) is 2. The molecule has 0 bridgehead atoms. The summed E-state index contributed by atoms with van der Waals surface area (Å²) in [4.78, 5) is 29.4. The Hall–Kier alpha value is -3.26. The molecule has 1 aliphatic rings. The number of para-hydroxylation sites is 1. The molecule has 1 heterocycles. The number of carbonyl (C=O) groups excluding carboxylic acids is 2. The van der Waals surface area contributed by atoms with Crippen molar-refractivity contribution in [3.8, 4) is 17.2 Å². The molecular formula is C27H37N3O5. The minimum absolute atomic E-state index is 0.00374. The maximum absolute atomic E-state index is 12.9. The Morgan fingerprint density at radius 1 is 1.00 bits per heavy atom. The molecule has 190 valence electrons. The minimum atomic E-state index is -0.150. The Labute approximate surface area is 208 Å². The molecule has 0 unspecified atom stereocenters. The average Bonchev–Trinajstić information content (AvgIpc) is 2.90. The van der Waals surface area contributed by atoms with Crippen LogP contribution in [-0.4, -0.2) is 74.7 Å². The Morgan fingerprint density at radius 3 is 2.37 bits per heavy atom. The maximum atomic E-state index is 12.9. The van der Waals surface area contributed by atoms with E-state index in [0.717, 1.165) is 19.6 Å². The van der Waals surface area contributed by atoms with Crippen molar-refractivity contribution in [1.82, 2.24) is 9.80 Å². The molecule has 1 fully saturated rings. The lowest BCUT2D eigenvalue weighted by Gasteiger charge is -2.31. The van der Waals surface area contributed by atoms with Crippen LogP contribution in [0.15, 0.2) is 48.5 Å². The van der Waals surface area contributed by atoms with E-state index in [-0.39, 0.29) is 24.3 Å². The Balaban J connectivity index is 1.47. The molecule has 2 amide bonds. The van der Waals surface area contributed by atoms with Crippen LogP contribution in [0.25, 0.3) is 0 Å². The fraction of sp³-hybridized carbons (Fsp3) is 0.481. The molecule has 2 aromatic rings. The number of methoxy groups -OCH3 is 1. The van der Waals surface area contributed by atoms with E-state index < -0.39 is 0 Å². The highest BCUT2D eigenvalue weighted by atomic mass is 16.5. The second kappa shape index (κ2) is 13.6. The summed E-state index contributed by atoms with van der Waals surface area (Å²) >= 11 is 0. The average molecular weight is 484 g/mol. The standard InChI is InChI=1S/C27H37N3O5/c1-4-29(5-2)17-18-34-25-19-22(11-12-24(25)33-3)28-27(32)21-13-15-30(16-14-21)26(31)20-35-23-9-7-6-8-10-23/h6-12,19,21H,4-5,13-18,20H2,1-3H3,(H,28,32). The van der Waals surface area contributed by atoms with E-state index in [1.807, 2.05) is 36.4 Å². The number of amides is 2. The first kappa shape index (κ1) is 26.3. The van der Waals surface area contributed by atoms with Crippen molar-refractivity contribution >= 4 is 17.5 Å². The second-order valence-electron chi connectivity index (χ2n) is 8.49. The van der Waals surface area contributed by atoms with Crippen molar-refractivity contribution in [3.05, 3.63) is 48.5 Å². The molecular weight excluding hydrogens is 446 g/mol. The zero-order valence-corrected chi connectivity index (χ0v) is 21.0. The van der Waals surface area contributed by atoms with E-state index >= 15 is 0 Å². The van der Waals surface area contributed by atoms with Crippen molar-refractivity contribution in [3.63, 3.8) is 0 Å². The topological polar surface area (TPSA) is 80.3 Å². The van der Waals surface area contributed by atoms with Crippen molar-refractivity contribution in [2.45, 2.75) is 26.7 Å². The van der Waals surface area contributed by atoms with Crippen LogP contribution in [0.4, 0.5) is 5.69 Å². The van der Waals surface area contributed by atoms with Crippen LogP contribution >= 0.6 is 0 Å². The number of hydrogen-bond acceptors (Lipinski definition) is 6. The smallest absolute Gasteiger partial charge is 0.260 e. The highest BCUT2D eigenvalue weighted by Crippen LogP contribution is 2.31. The molecule has 0 atom stereocenters. The van der Waals surface area contributed by atoms with Crippen LogP contribution in [0.3, 0.4) is 0 Å². The van der Waals surface area contributed by atoms with Gasteiger partial charge >= 0.3 is 0 Å². The summed E-state index contributed by atoms with van der Waals surface area (Å²) < 4.78 is 16.9. The molecule has 0 radical (unpaired) electrons. The van der Waals surface area contributed by atoms with E-state index in [2.05, 4.69) is 24.1 Å². The predicted molar refractivity (Wildman–Crippen MR) is 136 cm³/mol. The maximum Gasteiger partial charge on any atom is 0.260 e. The van der Waals surface area contributed by atoms with Crippen LogP contribution in [0.1, 0.15) is 26.7 Å². The van der Waals surface area contributed by atoms with Crippen molar-refractivity contribution in [2.24, 2.45) is 5.92 Å². The molecule has 3 rings (SSSR count). The SMILES string of the molecule is CCN(CC)CCOc1cc(NC(=O)C2CCN(C(=O)COc3ccccc3)CC2)ccc1OC. The van der Waals surface area contributed by atoms with E-state index in [0.29, 0.717) is 55.5 Å². The van der Waals surface area contributed by atoms with Crippen LogP contribution in [0.5, 0.6) is 17.2 Å². The van der Waals surface area contributed by atoms with Crippen LogP contribution in [0, 0.1) is 5.92 Å². The van der Waals surface area contributed by atoms with Gasteiger partial charge in [-0.25, -0.2) is 0 Å². The quantitative estimate of drug-likeness (QED) is 0.496. The highest BCUT2D eigenvalue weighted by Gasteiger charge is 2.27. The van der Waals surface area contributed by atoms with Crippen LogP contribution < -0.4 is 19.5 Å². The van der Waals surface area contributed by atoms with E-state index in [4.69, 9.17) is 14.2 Å². The summed E-state index contributed by atoms with van der Waals surface area (Å²) in [5.41, 5.74) is 0.670. The molecule has 0 saturated carbocycles. The first-order chi connectivity index (χ1) is 17.0. The van der Waals surface area contributed by atoms with Gasteiger partial charge in [-0.15, -0.1) is 0 Å². The number of hydrogen-bond donors (Lipinski definition) is 1. The van der Waals surface area contributed by atoms with Gasteiger partial charge in [-0.3, -0.25) is 9.59 Å². The molecule has 0 aromatic heterocycles. The largest absolute Gasteiger partial charge is 0.493 e. The first-order valence-corrected chi connectivity index (χ1v) is 12.3. The summed E-state index contributed by atoms with van der Waals surface area (Å²) in [5.74, 6) is 1.66. The number of anilines is 1. The number of likely N-dealkylation sites (tertiary alicyclic amines) is 1. The van der Waals surface area contributed by atoms with Gasteiger partial charge in [0, 0.05) is 37.3 Å². The van der Waals surface area contributed by atoms with Crippen molar-refractivity contribution in [2.75, 3.05) is 58.4 Å². The van der Waals surface area contributed by atoms with Gasteiger partial charge in [0.25, 0.3) is 5.91 Å². The molecule has 8 nitrogen and oxygen atoms in total. The lowest BCUT2D eigenvalue weighted by atomic mass is 9.95. The summed E-state index contributed by atoms with van der Waals surface area (Å²) in [6.07, 6.45) is 1.23. The molecule has 1 N–H and O–H groups in total. The number of rotatable bonds is 12. The highest BCUT2D eigenvalue weighted by molar-refractivity contribution is 5.93. The molecule has 8 heteroatoms. The fourth-order valence-electron chi connectivity index (χ4n) is 4.08. The normalized spacial score (nSPS) is 14.0. The number of benzene rings is 2. The predicted octanol–water partition coefficient (Wildman–Crippen LogP) is 3.67. The van der Waals surface area contributed by atoms with Gasteiger partial charge in [-0.1, -0.05) is 32.0 Å². The Morgan fingerprint density at radius 2 is 1.71 bits per heavy atom. The molecule has 1 aliphatic heterocycles. The number of likely N-dealkylation sites (N-methyl/N-ethyl adjacent to an activating group) is 1. The fourth-order valence-corrected chi connectivity index (χ4v) is 4.08. The number of piperidine rings is 1. The Kier molecular flexibility index (Phi) is 10.2. The van der Waals surface area contributed by atoms with E-state index in [1.165, 1.54) is 0 Å². The van der Waals surface area contributed by atoms with Gasteiger partial charge in [0.05, 0.1) is 7.11 Å². The van der Waals surface area contributed by atoms with E-state index in [9.17, 15) is 9.59 Å². The van der Waals surface area contributed by atoms with Gasteiger partial charge in [-0.2, -0.15) is 0 Å². The molecule has 0 aliphatic carbocycles. The first-order valence-electron chi connectivity index (χ1n) is 12.3. The monoisotopic (exact) mass is 483 g/mol. The number of carbonyl (C=O) groups is 2. The number of nitrogens with one attached hydrogen (secondary N) is 1. The Bertz CT molecular complexity index is 941. The summed E-state index contributed by atoms with van der Waals surface area (Å²) in [6, 6.07) is 14.7. The molecule has 1 saturated heterocycles. The zero-order chi connectivity index (χ0) is 25.0. The van der Waals surface area contributed by atoms with Crippen LogP contribution in [0.2, 0.25) is 0 Å². The summed E-state index contributed by atoms with van der Waals surface area (Å²) in [7, 11) is 1.60. The third-order valence-electron chi connectivity index (χ3n) is 6.31. The van der Waals surface area contributed by atoms with Crippen molar-refractivity contribution in [1.29, 1.82) is 0 Å². The lowest BCUT2D eigenvalue weighted by molar-refractivity contribution is -0.136. The van der Waals surface area contributed by atoms with Gasteiger partial charge in [0.2, 0.25) is 5.91 Å². The van der Waals surface area contributed by atoms with Gasteiger partial charge in [0.15, 0.2) is 18.1 Å². The van der Waals surface area contributed by atoms with Gasteiger partial charge < -0.3 is 29.3 Å². The summed E-state index contributed by atoms with van der Waals surface area (Å²) in [6.45, 7) is 8.63. The zero-order valence-electron chi connectivity index (χ0n) is 21.0. The molecule has 0 spiro atoms. The molecule has 2 aromatic carbocycles. The minimum Gasteiger partial charge on any atom is -0.493 e. The number of ether oxygens (including phenoxy) is 3. The third-order valence-corrected chi connectivity index (χ3v) is 6.31. The summed E-state index contributed by atoms with van der Waals surface area (Å²) in [5, 5.41) is 3.00. The van der Waals surface area contributed by atoms with Crippen molar-refractivity contribution < 1.29 is 23.8 Å². The lowest BCUT2D eigenvalue weighted by Crippen LogP contribution is -2.43. The van der Waals surface area contributed by atoms with Crippen LogP contribution in [-0.2, 0) is 9.59 Å². The third kappa shape index (κ3) is 7.89. The van der Waals surface area contributed by atoms with Gasteiger partial charge in [0.1, 0.15) is 12.4 Å².